The molecule has 0 amide bonds. The molecule has 0 aliphatic rings. The van der Waals surface area contributed by atoms with Crippen LogP contribution in [0, 0.1) is 0 Å². The average molecular weight is 324 g/mol. The van der Waals surface area contributed by atoms with Crippen molar-refractivity contribution in [3.05, 3.63) is 64.1 Å². The van der Waals surface area contributed by atoms with E-state index in [0.717, 1.165) is 10.8 Å². The number of rotatable bonds is 4. The summed E-state index contributed by atoms with van der Waals surface area (Å²) in [4.78, 5) is 2.21. The Morgan fingerprint density at radius 3 is 2.28 bits per heavy atom. The Morgan fingerprint density at radius 1 is 1.00 bits per heavy atom. The van der Waals surface area contributed by atoms with E-state index in [4.69, 9.17) is 16.3 Å². The van der Waals surface area contributed by atoms with Gasteiger partial charge in [-0.2, -0.15) is 0 Å². The third-order valence-corrected chi connectivity index (χ3v) is 4.36. The molecular weight excluding hydrogens is 311 g/mol. The third kappa shape index (κ3) is 3.92. The van der Waals surface area contributed by atoms with Crippen LogP contribution in [0.3, 0.4) is 0 Å². The van der Waals surface area contributed by atoms with E-state index in [-0.39, 0.29) is 0 Å². The van der Waals surface area contributed by atoms with Crippen molar-refractivity contribution in [3.8, 4) is 5.75 Å². The first-order valence-corrected chi connectivity index (χ1v) is 7.73. The van der Waals surface area contributed by atoms with Gasteiger partial charge in [0.25, 0.3) is 0 Å². The number of hydrogen-bond donors (Lipinski definition) is 0. The molecule has 2 aromatic carbocycles. The molecule has 0 heterocycles. The molecule has 0 bridgehead atoms. The van der Waals surface area contributed by atoms with Crippen molar-refractivity contribution in [2.45, 2.75) is 0 Å². The summed E-state index contributed by atoms with van der Waals surface area (Å²) in [5, 5.41) is 0.771. The molecule has 2 aromatic rings. The summed E-state index contributed by atoms with van der Waals surface area (Å²) in [7, 11) is 1.68. The molecule has 0 N–H and O–H groups in total. The van der Waals surface area contributed by atoms with Crippen molar-refractivity contribution >= 4 is 37.1 Å². The first-order chi connectivity index (χ1) is 8.78. The standard InChI is InChI=1S/C15H13ClOSe/c1-17-14-6-8-15(9-7-14)18-11-10-12-2-4-13(16)5-3-12/h2-11H,1H3/b11-10-. The van der Waals surface area contributed by atoms with E-state index in [1.165, 1.54) is 10.0 Å². The second-order valence-corrected chi connectivity index (χ2v) is 6.14. The fraction of sp³-hybridized carbons (Fsp3) is 0.0667. The van der Waals surface area contributed by atoms with Crippen LogP contribution in [0.1, 0.15) is 5.56 Å². The molecule has 92 valence electrons. The van der Waals surface area contributed by atoms with Crippen molar-refractivity contribution in [1.82, 2.24) is 0 Å². The van der Waals surface area contributed by atoms with Gasteiger partial charge in [-0.25, -0.2) is 0 Å². The fourth-order valence-electron chi connectivity index (χ4n) is 1.42. The second-order valence-electron chi connectivity index (χ2n) is 3.65. The summed E-state index contributed by atoms with van der Waals surface area (Å²) in [5.74, 6) is 0.899. The quantitative estimate of drug-likeness (QED) is 0.784. The van der Waals surface area contributed by atoms with Crippen molar-refractivity contribution in [2.75, 3.05) is 7.11 Å². The Morgan fingerprint density at radius 2 is 1.67 bits per heavy atom. The van der Waals surface area contributed by atoms with Crippen LogP contribution in [0.2, 0.25) is 5.02 Å². The first-order valence-electron chi connectivity index (χ1n) is 5.51. The molecule has 2 rings (SSSR count). The number of methoxy groups -OCH3 is 1. The van der Waals surface area contributed by atoms with Crippen LogP contribution in [-0.2, 0) is 0 Å². The molecule has 3 heteroatoms. The van der Waals surface area contributed by atoms with Crippen LogP contribution in [0.4, 0.5) is 0 Å². The molecule has 0 fully saturated rings. The molecule has 0 aromatic heterocycles. The number of hydrogen-bond acceptors (Lipinski definition) is 1. The van der Waals surface area contributed by atoms with E-state index in [2.05, 4.69) is 23.2 Å². The van der Waals surface area contributed by atoms with Crippen LogP contribution < -0.4 is 9.20 Å². The third-order valence-electron chi connectivity index (χ3n) is 2.39. The van der Waals surface area contributed by atoms with Crippen LogP contribution >= 0.6 is 11.6 Å². The van der Waals surface area contributed by atoms with Gasteiger partial charge in [-0.3, -0.25) is 0 Å². The molecule has 0 saturated carbocycles. The predicted molar refractivity (Wildman–Crippen MR) is 78.9 cm³/mol. The minimum atomic E-state index is 0.339. The SMILES string of the molecule is COc1ccc([Se]/C=C\c2ccc(Cl)cc2)cc1. The molecule has 18 heavy (non-hydrogen) atoms. The molecule has 0 atom stereocenters. The van der Waals surface area contributed by atoms with Gasteiger partial charge >= 0.3 is 119 Å². The van der Waals surface area contributed by atoms with Gasteiger partial charge in [-0.05, 0) is 0 Å². The first kappa shape index (κ1) is 13.2. The van der Waals surface area contributed by atoms with Gasteiger partial charge in [0.1, 0.15) is 0 Å². The van der Waals surface area contributed by atoms with E-state index in [0.29, 0.717) is 15.0 Å². The summed E-state index contributed by atoms with van der Waals surface area (Å²) in [6.45, 7) is 0. The van der Waals surface area contributed by atoms with Crippen LogP contribution in [-0.4, -0.2) is 22.1 Å². The summed E-state index contributed by atoms with van der Waals surface area (Å²) < 4.78 is 6.46. The Kier molecular flexibility index (Phi) is 4.89. The monoisotopic (exact) mass is 324 g/mol. The number of halogens is 1. The zero-order valence-electron chi connectivity index (χ0n) is 9.97. The summed E-state index contributed by atoms with van der Waals surface area (Å²) in [5.41, 5.74) is 1.18. The van der Waals surface area contributed by atoms with Gasteiger partial charge in [0, 0.05) is 0 Å². The fourth-order valence-corrected chi connectivity index (χ4v) is 2.96. The average Bonchev–Trinajstić information content (AvgIpc) is 2.42. The van der Waals surface area contributed by atoms with Gasteiger partial charge in [0.2, 0.25) is 0 Å². The van der Waals surface area contributed by atoms with Crippen molar-refractivity contribution in [1.29, 1.82) is 0 Å². The number of benzene rings is 2. The van der Waals surface area contributed by atoms with Gasteiger partial charge < -0.3 is 0 Å². The van der Waals surface area contributed by atoms with Crippen LogP contribution in [0.25, 0.3) is 6.08 Å². The van der Waals surface area contributed by atoms with Crippen molar-refractivity contribution < 1.29 is 4.74 Å². The maximum atomic E-state index is 5.84. The van der Waals surface area contributed by atoms with Crippen LogP contribution in [0.15, 0.2) is 53.5 Å². The summed E-state index contributed by atoms with van der Waals surface area (Å²) >= 11 is 6.18. The van der Waals surface area contributed by atoms with Gasteiger partial charge in [0.05, 0.1) is 0 Å². The van der Waals surface area contributed by atoms with Crippen molar-refractivity contribution in [3.63, 3.8) is 0 Å². The summed E-state index contributed by atoms with van der Waals surface area (Å²) in [6.07, 6.45) is 2.13. The van der Waals surface area contributed by atoms with E-state index in [9.17, 15) is 0 Å². The Hall–Kier alpha value is -1.21. The van der Waals surface area contributed by atoms with E-state index in [1.807, 2.05) is 36.4 Å². The minimum absolute atomic E-state index is 0.339. The molecule has 0 saturated heterocycles. The van der Waals surface area contributed by atoms with E-state index >= 15 is 0 Å². The van der Waals surface area contributed by atoms with E-state index in [1.54, 1.807) is 7.11 Å². The summed E-state index contributed by atoms with van der Waals surface area (Å²) in [6, 6.07) is 16.0. The van der Waals surface area contributed by atoms with Gasteiger partial charge in [-0.1, -0.05) is 0 Å². The Balaban J connectivity index is 1.95. The zero-order chi connectivity index (χ0) is 12.8. The normalized spacial score (nSPS) is 10.8. The molecule has 0 unspecified atom stereocenters. The maximum absolute atomic E-state index is 5.84. The van der Waals surface area contributed by atoms with Crippen molar-refractivity contribution in [2.24, 2.45) is 0 Å². The molecule has 0 radical (unpaired) electrons. The van der Waals surface area contributed by atoms with Crippen LogP contribution in [0.5, 0.6) is 5.75 Å². The Labute approximate surface area is 119 Å². The molecule has 0 spiro atoms. The zero-order valence-corrected chi connectivity index (χ0v) is 12.4. The predicted octanol–water partition coefficient (Wildman–Crippen LogP) is 3.35. The Bertz CT molecular complexity index is 517. The number of ether oxygens (including phenoxy) is 1. The second kappa shape index (κ2) is 6.65. The molecule has 1 nitrogen and oxygen atoms in total. The molecule has 0 aliphatic heterocycles. The van der Waals surface area contributed by atoms with Gasteiger partial charge in [0.15, 0.2) is 0 Å². The van der Waals surface area contributed by atoms with E-state index < -0.39 is 0 Å². The molecule has 0 aliphatic carbocycles. The topological polar surface area (TPSA) is 9.23 Å². The van der Waals surface area contributed by atoms with Gasteiger partial charge in [-0.15, -0.1) is 0 Å². The molecular formula is C15H13ClOSe.